The number of nitrogens with zero attached hydrogens (tertiary/aromatic N) is 1. The van der Waals surface area contributed by atoms with E-state index in [4.69, 9.17) is 5.11 Å². The summed E-state index contributed by atoms with van der Waals surface area (Å²) in [6.45, 7) is -0.756. The molecule has 0 saturated carbocycles. The molecule has 26 heavy (non-hydrogen) atoms. The maximum absolute atomic E-state index is 12.1. The van der Waals surface area contributed by atoms with Crippen molar-refractivity contribution in [1.82, 2.24) is 4.72 Å². The van der Waals surface area contributed by atoms with Gasteiger partial charge in [-0.05, 0) is 30.3 Å². The fourth-order valence-corrected chi connectivity index (χ4v) is 2.90. The molecule has 0 aliphatic heterocycles. The molecule has 0 bridgehead atoms. The zero-order chi connectivity index (χ0) is 19.3. The molecule has 3 N–H and O–H groups in total. The number of hydrogen-bond acceptors (Lipinski definition) is 6. The summed E-state index contributed by atoms with van der Waals surface area (Å²) >= 11 is 0. The number of rotatable bonds is 7. The van der Waals surface area contributed by atoms with E-state index < -0.39 is 33.4 Å². The predicted molar refractivity (Wildman–Crippen MR) is 90.3 cm³/mol. The largest absolute Gasteiger partial charge is 0.480 e. The Bertz CT molecular complexity index is 955. The standard InChI is InChI=1S/C15H13N3O7S/c19-14(20)9-16-26(24,25)13-6-4-11(5-7-13)17-15(21)10-2-1-3-12(8-10)18(22)23/h1-8,16H,9H2,(H,17,21)(H,19,20). The maximum Gasteiger partial charge on any atom is 0.318 e. The molecule has 11 heteroatoms. The first-order valence-electron chi connectivity index (χ1n) is 7.06. The van der Waals surface area contributed by atoms with Crippen molar-refractivity contribution in [2.24, 2.45) is 0 Å². The molecule has 0 fully saturated rings. The van der Waals surface area contributed by atoms with E-state index in [9.17, 15) is 28.1 Å². The van der Waals surface area contributed by atoms with Gasteiger partial charge in [-0.3, -0.25) is 19.7 Å². The number of hydrogen-bond donors (Lipinski definition) is 3. The number of nitro groups is 1. The number of aliphatic carboxylic acids is 1. The van der Waals surface area contributed by atoms with Gasteiger partial charge in [-0.15, -0.1) is 0 Å². The van der Waals surface area contributed by atoms with Crippen LogP contribution in [0.1, 0.15) is 10.4 Å². The van der Waals surface area contributed by atoms with Crippen LogP contribution in [0.5, 0.6) is 0 Å². The summed E-state index contributed by atoms with van der Waals surface area (Å²) in [6.07, 6.45) is 0. The number of carbonyl (C=O) groups is 2. The van der Waals surface area contributed by atoms with Gasteiger partial charge in [-0.25, -0.2) is 8.42 Å². The molecule has 0 spiro atoms. The molecular weight excluding hydrogens is 366 g/mol. The lowest BCUT2D eigenvalue weighted by Gasteiger charge is -2.08. The molecule has 0 unspecified atom stereocenters. The monoisotopic (exact) mass is 379 g/mol. The maximum atomic E-state index is 12.1. The molecule has 0 aliphatic carbocycles. The van der Waals surface area contributed by atoms with Crippen LogP contribution in [-0.2, 0) is 14.8 Å². The number of carboxylic acids is 1. The third kappa shape index (κ3) is 4.84. The van der Waals surface area contributed by atoms with Crippen molar-refractivity contribution in [3.05, 3.63) is 64.2 Å². The average Bonchev–Trinajstić information content (AvgIpc) is 2.60. The highest BCUT2D eigenvalue weighted by Gasteiger charge is 2.16. The van der Waals surface area contributed by atoms with Crippen LogP contribution in [0.4, 0.5) is 11.4 Å². The summed E-state index contributed by atoms with van der Waals surface area (Å²) in [4.78, 5) is 32.5. The van der Waals surface area contributed by atoms with Crippen molar-refractivity contribution in [2.75, 3.05) is 11.9 Å². The summed E-state index contributed by atoms with van der Waals surface area (Å²) < 4.78 is 25.6. The lowest BCUT2D eigenvalue weighted by Crippen LogP contribution is -2.29. The Morgan fingerprint density at radius 1 is 1.12 bits per heavy atom. The second kappa shape index (κ2) is 7.72. The summed E-state index contributed by atoms with van der Waals surface area (Å²) in [5.74, 6) is -1.93. The smallest absolute Gasteiger partial charge is 0.318 e. The van der Waals surface area contributed by atoms with Gasteiger partial charge < -0.3 is 10.4 Å². The molecule has 0 saturated heterocycles. The van der Waals surface area contributed by atoms with Gasteiger partial charge in [0.2, 0.25) is 10.0 Å². The number of sulfonamides is 1. The van der Waals surface area contributed by atoms with Gasteiger partial charge in [0.05, 0.1) is 9.82 Å². The average molecular weight is 379 g/mol. The summed E-state index contributed by atoms with van der Waals surface area (Å²) in [6, 6.07) is 10.1. The van der Waals surface area contributed by atoms with E-state index in [0.717, 1.165) is 6.07 Å². The lowest BCUT2D eigenvalue weighted by molar-refractivity contribution is -0.384. The van der Waals surface area contributed by atoms with Crippen molar-refractivity contribution in [1.29, 1.82) is 0 Å². The van der Waals surface area contributed by atoms with Gasteiger partial charge in [0.25, 0.3) is 11.6 Å². The normalized spacial score (nSPS) is 10.9. The van der Waals surface area contributed by atoms with Crippen molar-refractivity contribution < 1.29 is 28.0 Å². The number of non-ortho nitro benzene ring substituents is 1. The Morgan fingerprint density at radius 2 is 1.77 bits per heavy atom. The molecule has 0 aliphatic rings. The van der Waals surface area contributed by atoms with Crippen LogP contribution in [0.15, 0.2) is 53.4 Å². The zero-order valence-electron chi connectivity index (χ0n) is 13.1. The molecule has 2 aromatic rings. The van der Waals surface area contributed by atoms with Crippen molar-refractivity contribution in [3.63, 3.8) is 0 Å². The van der Waals surface area contributed by atoms with Crippen LogP contribution in [-0.4, -0.2) is 36.9 Å². The summed E-state index contributed by atoms with van der Waals surface area (Å²) in [5.41, 5.74) is 0.0984. The van der Waals surface area contributed by atoms with E-state index in [1.807, 2.05) is 4.72 Å². The van der Waals surface area contributed by atoms with Crippen LogP contribution in [0.25, 0.3) is 0 Å². The number of benzene rings is 2. The SMILES string of the molecule is O=C(O)CNS(=O)(=O)c1ccc(NC(=O)c2cccc([N+](=O)[O-])c2)cc1. The first-order chi connectivity index (χ1) is 12.2. The first-order valence-corrected chi connectivity index (χ1v) is 8.55. The molecular formula is C15H13N3O7S. The Labute approximate surface area is 147 Å². The summed E-state index contributed by atoms with van der Waals surface area (Å²) in [7, 11) is -3.99. The van der Waals surface area contributed by atoms with E-state index in [2.05, 4.69) is 5.32 Å². The van der Waals surface area contributed by atoms with Gasteiger partial charge in [0, 0.05) is 23.4 Å². The van der Waals surface area contributed by atoms with Gasteiger partial charge in [-0.2, -0.15) is 4.72 Å². The second-order valence-electron chi connectivity index (χ2n) is 5.00. The molecule has 1 amide bonds. The third-order valence-corrected chi connectivity index (χ3v) is 4.57. The van der Waals surface area contributed by atoms with E-state index in [1.165, 1.54) is 42.5 Å². The van der Waals surface area contributed by atoms with Gasteiger partial charge in [0.15, 0.2) is 0 Å². The minimum atomic E-state index is -3.99. The number of anilines is 1. The van der Waals surface area contributed by atoms with Gasteiger partial charge >= 0.3 is 5.97 Å². The number of nitrogens with one attached hydrogen (secondary N) is 2. The minimum absolute atomic E-state index is 0.0685. The highest BCUT2D eigenvalue weighted by atomic mass is 32.2. The van der Waals surface area contributed by atoms with Crippen LogP contribution in [0, 0.1) is 10.1 Å². The highest BCUT2D eigenvalue weighted by Crippen LogP contribution is 2.17. The van der Waals surface area contributed by atoms with Crippen LogP contribution in [0.2, 0.25) is 0 Å². The van der Waals surface area contributed by atoms with E-state index in [1.54, 1.807) is 0 Å². The van der Waals surface area contributed by atoms with Gasteiger partial charge in [-0.1, -0.05) is 6.07 Å². The molecule has 0 heterocycles. The number of amides is 1. The molecule has 10 nitrogen and oxygen atoms in total. The Balaban J connectivity index is 2.11. The topological polar surface area (TPSA) is 156 Å². The predicted octanol–water partition coefficient (Wildman–Crippen LogP) is 1.21. The van der Waals surface area contributed by atoms with Crippen molar-refractivity contribution >= 4 is 33.3 Å². The van der Waals surface area contributed by atoms with E-state index in [-0.39, 0.29) is 21.8 Å². The quantitative estimate of drug-likeness (QED) is 0.482. The van der Waals surface area contributed by atoms with Crippen LogP contribution in [0.3, 0.4) is 0 Å². The van der Waals surface area contributed by atoms with E-state index >= 15 is 0 Å². The molecule has 0 atom stereocenters. The first kappa shape index (κ1) is 19.0. The number of carbonyl (C=O) groups excluding carboxylic acids is 1. The Hall–Kier alpha value is -3.31. The summed E-state index contributed by atoms with van der Waals surface area (Å²) in [5, 5.41) is 21.7. The zero-order valence-corrected chi connectivity index (χ0v) is 13.9. The van der Waals surface area contributed by atoms with Crippen LogP contribution < -0.4 is 10.0 Å². The molecule has 136 valence electrons. The molecule has 0 aromatic heterocycles. The van der Waals surface area contributed by atoms with Crippen molar-refractivity contribution in [2.45, 2.75) is 4.90 Å². The Kier molecular flexibility index (Phi) is 5.64. The third-order valence-electron chi connectivity index (χ3n) is 3.16. The molecule has 2 aromatic carbocycles. The minimum Gasteiger partial charge on any atom is -0.480 e. The Morgan fingerprint density at radius 3 is 2.35 bits per heavy atom. The highest BCUT2D eigenvalue weighted by molar-refractivity contribution is 7.89. The second-order valence-corrected chi connectivity index (χ2v) is 6.77. The van der Waals surface area contributed by atoms with Crippen LogP contribution >= 0.6 is 0 Å². The molecule has 0 radical (unpaired) electrons. The lowest BCUT2D eigenvalue weighted by atomic mass is 10.2. The number of nitro benzene ring substituents is 1. The fraction of sp³-hybridized carbons (Fsp3) is 0.0667. The van der Waals surface area contributed by atoms with E-state index in [0.29, 0.717) is 0 Å². The van der Waals surface area contributed by atoms with Gasteiger partial charge in [0.1, 0.15) is 6.54 Å². The fourth-order valence-electron chi connectivity index (χ4n) is 1.92. The molecule has 2 rings (SSSR count). The van der Waals surface area contributed by atoms with Crippen molar-refractivity contribution in [3.8, 4) is 0 Å². The number of carboxylic acid groups (broad SMARTS) is 1.